The van der Waals surface area contributed by atoms with E-state index in [9.17, 15) is 5.11 Å². The first-order chi connectivity index (χ1) is 9.99. The van der Waals surface area contributed by atoms with Crippen LogP contribution in [-0.4, -0.2) is 11.1 Å². The zero-order valence-electron chi connectivity index (χ0n) is 12.7. The Balaban J connectivity index is 0.000000677. The van der Waals surface area contributed by atoms with E-state index in [-0.39, 0.29) is 5.75 Å². The minimum absolute atomic E-state index is 0.257. The van der Waals surface area contributed by atoms with Crippen LogP contribution in [-0.2, 0) is 20.8 Å². The second-order valence-electron chi connectivity index (χ2n) is 5.57. The van der Waals surface area contributed by atoms with Gasteiger partial charge in [0, 0.05) is 0 Å². The molecule has 1 aliphatic carbocycles. The van der Waals surface area contributed by atoms with E-state index in [4.69, 9.17) is 17.0 Å². The molecule has 1 N–H and O–H groups in total. The van der Waals surface area contributed by atoms with E-state index < -0.39 is 20.8 Å². The van der Waals surface area contributed by atoms with Crippen molar-refractivity contribution in [1.29, 1.82) is 0 Å². The summed E-state index contributed by atoms with van der Waals surface area (Å²) in [5.41, 5.74) is 2.57. The topological polar surface area (TPSA) is 45.0 Å². The number of aromatic hydroxyl groups is 1. The molecule has 0 spiro atoms. The van der Waals surface area contributed by atoms with Crippen LogP contribution in [0.25, 0.3) is 0 Å². The molecular weight excluding hydrogens is 386 g/mol. The van der Waals surface area contributed by atoms with Crippen LogP contribution in [0.3, 0.4) is 0 Å². The van der Waals surface area contributed by atoms with Gasteiger partial charge in [0.15, 0.2) is 0 Å². The Morgan fingerprint density at radius 3 is 2.43 bits per heavy atom. The van der Waals surface area contributed by atoms with Crippen LogP contribution in [0.5, 0.6) is 5.75 Å². The molecule has 0 saturated heterocycles. The van der Waals surface area contributed by atoms with Gasteiger partial charge in [-0.05, 0) is 49.8 Å². The summed E-state index contributed by atoms with van der Waals surface area (Å²) in [6, 6.07) is 4.16. The Morgan fingerprint density at radius 2 is 1.81 bits per heavy atom. The summed E-state index contributed by atoms with van der Waals surface area (Å²) in [6.45, 7) is 6.14. The summed E-state index contributed by atoms with van der Waals surface area (Å²) in [7, 11) is 9.87. The number of hydrogen-bond donors (Lipinski definition) is 1. The van der Waals surface area contributed by atoms with Crippen molar-refractivity contribution < 1.29 is 26.0 Å². The van der Waals surface area contributed by atoms with Crippen LogP contribution in [0.2, 0.25) is 0 Å². The number of aryl methyl sites for hydroxylation is 2. The molecule has 1 aromatic rings. The average Bonchev–Trinajstić information content (AvgIpc) is 2.43. The Labute approximate surface area is 145 Å². The van der Waals surface area contributed by atoms with E-state index >= 15 is 0 Å². The minimum atomic E-state index is -0.826. The predicted octanol–water partition coefficient (Wildman–Crippen LogP) is 6.05. The molecule has 6 heteroatoms. The van der Waals surface area contributed by atoms with Crippen LogP contribution in [0, 0.1) is 19.8 Å². The fourth-order valence-electron chi connectivity index (χ4n) is 2.62. The normalized spacial score (nSPS) is 21.8. The van der Waals surface area contributed by atoms with Gasteiger partial charge in [0.25, 0.3) is 0 Å². The molecule has 21 heavy (non-hydrogen) atoms. The molecule has 1 saturated carbocycles. The van der Waals surface area contributed by atoms with Crippen molar-refractivity contribution in [2.24, 2.45) is 16.1 Å². The van der Waals surface area contributed by atoms with Crippen molar-refractivity contribution in [3.8, 4) is 5.75 Å². The van der Waals surface area contributed by atoms with Crippen LogP contribution < -0.4 is 0 Å². The van der Waals surface area contributed by atoms with E-state index in [1.165, 1.54) is 19.3 Å². The third kappa shape index (κ3) is 6.38. The molecule has 0 radical (unpaired) electrons. The molecular formula is C15H22Cl2N2OZr. The molecule has 2 rings (SSSR count). The van der Waals surface area contributed by atoms with Crippen LogP contribution >= 0.6 is 17.0 Å². The van der Waals surface area contributed by atoms with E-state index in [1.807, 2.05) is 26.0 Å². The molecule has 1 aromatic carbocycles. The predicted molar refractivity (Wildman–Crippen MR) is 85.2 cm³/mol. The van der Waals surface area contributed by atoms with Crippen molar-refractivity contribution in [3.63, 3.8) is 0 Å². The van der Waals surface area contributed by atoms with Crippen molar-refractivity contribution in [2.45, 2.75) is 52.5 Å². The van der Waals surface area contributed by atoms with Crippen molar-refractivity contribution in [1.82, 2.24) is 0 Å². The second kappa shape index (κ2) is 9.97. The third-order valence-electron chi connectivity index (χ3n) is 3.80. The number of halogens is 2. The molecule has 0 aromatic heterocycles. The zero-order valence-corrected chi connectivity index (χ0v) is 16.7. The number of azo groups is 1. The van der Waals surface area contributed by atoms with Crippen LogP contribution in [0.4, 0.5) is 5.69 Å². The van der Waals surface area contributed by atoms with E-state index in [1.54, 1.807) is 0 Å². The fraction of sp³-hybridized carbons (Fsp3) is 0.600. The number of phenolic OH excluding ortho intramolecular Hbond substituents is 1. The third-order valence-corrected chi connectivity index (χ3v) is 3.80. The Morgan fingerprint density at radius 1 is 1.19 bits per heavy atom. The molecule has 1 aliphatic rings. The summed E-state index contributed by atoms with van der Waals surface area (Å²) >= 11 is -0.826. The van der Waals surface area contributed by atoms with E-state index in [0.29, 0.717) is 17.6 Å². The zero-order chi connectivity index (χ0) is 15.8. The molecule has 116 valence electrons. The second-order valence-corrected chi connectivity index (χ2v) is 9.30. The molecule has 1 fully saturated rings. The quantitative estimate of drug-likeness (QED) is 0.595. The first kappa shape index (κ1) is 19.1. The van der Waals surface area contributed by atoms with Crippen molar-refractivity contribution in [3.05, 3.63) is 23.3 Å². The van der Waals surface area contributed by atoms with Gasteiger partial charge in [-0.2, -0.15) is 10.2 Å². The van der Waals surface area contributed by atoms with E-state index in [0.717, 1.165) is 17.5 Å². The summed E-state index contributed by atoms with van der Waals surface area (Å²) in [5, 5.41) is 18.7. The Kier molecular flexibility index (Phi) is 9.08. The van der Waals surface area contributed by atoms with Crippen molar-refractivity contribution in [2.75, 3.05) is 0 Å². The van der Waals surface area contributed by atoms with Gasteiger partial charge in [-0.1, -0.05) is 25.8 Å². The first-order valence-electron chi connectivity index (χ1n) is 7.17. The van der Waals surface area contributed by atoms with Crippen LogP contribution in [0.15, 0.2) is 22.4 Å². The fourth-order valence-corrected chi connectivity index (χ4v) is 2.62. The van der Waals surface area contributed by atoms with E-state index in [2.05, 4.69) is 17.2 Å². The number of rotatable bonds is 2. The van der Waals surface area contributed by atoms with Gasteiger partial charge in [-0.15, -0.1) is 0 Å². The van der Waals surface area contributed by atoms with Gasteiger partial charge in [-0.3, -0.25) is 0 Å². The molecule has 0 amide bonds. The van der Waals surface area contributed by atoms with Gasteiger partial charge >= 0.3 is 37.9 Å². The maximum absolute atomic E-state index is 9.96. The number of phenols is 1. The molecule has 3 nitrogen and oxygen atoms in total. The monoisotopic (exact) mass is 406 g/mol. The SMILES string of the molecule is Cc1cc(C)c(O)c(N=NC2CCCCC2C)c1.[Cl][Zr][Cl]. The molecule has 0 heterocycles. The Bertz CT molecular complexity index is 483. The van der Waals surface area contributed by atoms with Gasteiger partial charge in [-0.25, -0.2) is 0 Å². The molecule has 2 atom stereocenters. The maximum atomic E-state index is 9.96. The summed E-state index contributed by atoms with van der Waals surface area (Å²) < 4.78 is 0. The summed E-state index contributed by atoms with van der Waals surface area (Å²) in [6.07, 6.45) is 4.91. The molecule has 0 aliphatic heterocycles. The number of nitrogens with zero attached hydrogens (tertiary/aromatic N) is 2. The summed E-state index contributed by atoms with van der Waals surface area (Å²) in [5.74, 6) is 0.864. The first-order valence-corrected chi connectivity index (χ1v) is 13.5. The van der Waals surface area contributed by atoms with Crippen molar-refractivity contribution >= 4 is 22.7 Å². The van der Waals surface area contributed by atoms with Gasteiger partial charge in [0.2, 0.25) is 0 Å². The molecule has 2 unspecified atom stereocenters. The van der Waals surface area contributed by atoms with Gasteiger partial charge < -0.3 is 5.11 Å². The molecule has 0 bridgehead atoms. The standard InChI is InChI=1S/C15H22N2O.2ClH.Zr/c1-10-8-12(3)15(18)14(9-10)17-16-13-7-5-4-6-11(13)2;;;/h8-9,11,13,18H,4-7H2,1-3H3;2*1H;/q;;;+2/p-2. The average molecular weight is 408 g/mol. The number of hydrogen-bond acceptors (Lipinski definition) is 3. The van der Waals surface area contributed by atoms with Gasteiger partial charge in [0.1, 0.15) is 11.4 Å². The van der Waals surface area contributed by atoms with Gasteiger partial charge in [0.05, 0.1) is 6.04 Å². The van der Waals surface area contributed by atoms with Crippen LogP contribution in [0.1, 0.15) is 43.7 Å². The number of benzene rings is 1. The Hall–Kier alpha value is 0.0831. The summed E-state index contributed by atoms with van der Waals surface area (Å²) in [4.78, 5) is 0.